The number of carbonyl (C=O) groups is 1. The number of nitro benzene ring substituents is 1. The third-order valence-corrected chi connectivity index (χ3v) is 20.7. The Morgan fingerprint density at radius 1 is 0.851 bits per heavy atom. The van der Waals surface area contributed by atoms with Gasteiger partial charge >= 0.3 is 0 Å². The summed E-state index contributed by atoms with van der Waals surface area (Å²) in [6.07, 6.45) is 7.46. The first kappa shape index (κ1) is 57.3. The highest BCUT2D eigenvalue weighted by Crippen LogP contribution is 2.55. The molecule has 0 radical (unpaired) electrons. The van der Waals surface area contributed by atoms with Gasteiger partial charge in [0.25, 0.3) is 27.5 Å². The van der Waals surface area contributed by atoms with Crippen molar-refractivity contribution in [3.8, 4) is 29.0 Å². The second-order valence-corrected chi connectivity index (χ2v) is 26.4. The highest BCUT2D eigenvalue weighted by molar-refractivity contribution is 7.90. The Balaban J connectivity index is 0.737. The zero-order valence-corrected chi connectivity index (χ0v) is 50.2. The molecule has 3 aromatic carbocycles. The lowest BCUT2D eigenvalue weighted by Gasteiger charge is -2.58. The van der Waals surface area contributed by atoms with Gasteiger partial charge in [-0.05, 0) is 118 Å². The minimum absolute atomic E-state index is 0.00350. The SMILES string of the molecule is COc1cc2c(nc1OC)COC[C@@H]2N1CCN(C2CC3(CCN(c4ccc(C(=O)NS(=O)(=O)c5cc6c(c([N+](=O)[O-])c5)N[C@H](C5CCOCC5)CO6)c(N5c6cc7cc[nH]c7nc6O[C@H]6COCC[C@@H]65)c4)CC3)C2)[C@H](c2ccccc2OC(C)C)C1. The Hall–Kier alpha value is -7.48. The van der Waals surface area contributed by atoms with Gasteiger partial charge in [-0.25, -0.2) is 18.1 Å². The smallest absolute Gasteiger partial charge is 0.297 e. The maximum atomic E-state index is 15.0. The summed E-state index contributed by atoms with van der Waals surface area (Å²) in [7, 11) is -1.49. The number of sulfonamides is 1. The zero-order valence-electron chi connectivity index (χ0n) is 49.4. The number of piperazine rings is 1. The van der Waals surface area contributed by atoms with Gasteiger partial charge in [-0.1, -0.05) is 18.2 Å². The van der Waals surface area contributed by atoms with E-state index in [4.69, 9.17) is 47.9 Å². The molecule has 1 saturated carbocycles. The lowest BCUT2D eigenvalue weighted by molar-refractivity contribution is -0.384. The van der Waals surface area contributed by atoms with Crippen LogP contribution in [0.3, 0.4) is 0 Å². The standard InChI is InChI=1S/C63H74N10O13S/c1-37(2)85-54-8-6-5-7-43(54)52-32-70(53-35-83-33-47-45(53)29-56(79-3)62(66-47)80-4)20-21-71(52)41-30-63(31-41)15-18-69(19-16-63)40-9-10-44(49(26-40)72-48-14-24-82-36-57(48)86-61-51(72)25-39-11-17-64-59(39)67-61)60(74)68-87(77,78)42-27-50(73(75)76)58-55(28-42)84-34-46(65-58)38-12-22-81-23-13-38/h5-11,17,25-29,37-38,41,46,48,52-53,57,65H,12-16,18-24,30-36H2,1-4H3,(H,64,67)(H,68,74)/t46-,48-,52-,53-,57-/m0/s1. The highest BCUT2D eigenvalue weighted by Gasteiger charge is 2.51. The number of rotatable bonds is 14. The van der Waals surface area contributed by atoms with Crippen LogP contribution in [0.15, 0.2) is 83.9 Å². The molecule has 14 rings (SSSR count). The topological polar surface area (TPSA) is 247 Å². The van der Waals surface area contributed by atoms with Crippen molar-refractivity contribution < 1.29 is 56.0 Å². The number of aromatic amines is 1. The number of amides is 1. The average molecular weight is 1210 g/mol. The fraction of sp³-hybridized carbons (Fsp3) is 0.508. The van der Waals surface area contributed by atoms with Gasteiger partial charge in [0.15, 0.2) is 17.2 Å². The summed E-state index contributed by atoms with van der Waals surface area (Å²) < 4.78 is 79.5. The van der Waals surface area contributed by atoms with Crippen LogP contribution in [0.25, 0.3) is 11.0 Å². The molecule has 23 nitrogen and oxygen atoms in total. The van der Waals surface area contributed by atoms with Crippen molar-refractivity contribution in [3.63, 3.8) is 0 Å². The molecule has 5 fully saturated rings. The van der Waals surface area contributed by atoms with E-state index in [2.05, 4.69) is 78.8 Å². The first-order valence-electron chi connectivity index (χ1n) is 30.5. The Kier molecular flexibility index (Phi) is 15.3. The van der Waals surface area contributed by atoms with Crippen molar-refractivity contribution in [2.45, 2.75) is 113 Å². The zero-order chi connectivity index (χ0) is 59.7. The van der Waals surface area contributed by atoms with Crippen molar-refractivity contribution in [1.29, 1.82) is 0 Å². The predicted octanol–water partition coefficient (Wildman–Crippen LogP) is 8.46. The summed E-state index contributed by atoms with van der Waals surface area (Å²) in [5.74, 6) is 1.57. The van der Waals surface area contributed by atoms with Gasteiger partial charge in [0.1, 0.15) is 29.8 Å². The van der Waals surface area contributed by atoms with Crippen LogP contribution in [-0.4, -0.2) is 161 Å². The summed E-state index contributed by atoms with van der Waals surface area (Å²) in [4.78, 5) is 49.1. The van der Waals surface area contributed by atoms with Gasteiger partial charge in [0.2, 0.25) is 5.88 Å². The summed E-state index contributed by atoms with van der Waals surface area (Å²) >= 11 is 0. The van der Waals surface area contributed by atoms with E-state index in [9.17, 15) is 23.3 Å². The number of carbonyl (C=O) groups excluding carboxylic acids is 1. The number of hydrogen-bond acceptors (Lipinski definition) is 20. The lowest BCUT2D eigenvalue weighted by atomic mass is 9.59. The molecule has 8 aliphatic rings. The molecule has 4 saturated heterocycles. The summed E-state index contributed by atoms with van der Waals surface area (Å²) in [6, 6.07) is 22.1. The number of anilines is 4. The monoisotopic (exact) mass is 1210 g/mol. The van der Waals surface area contributed by atoms with Gasteiger partial charge in [-0.2, -0.15) is 4.98 Å². The highest BCUT2D eigenvalue weighted by atomic mass is 32.2. The molecule has 0 bridgehead atoms. The van der Waals surface area contributed by atoms with Crippen LogP contribution in [-0.2, 0) is 30.8 Å². The number of nitrogens with zero attached hydrogens (tertiary/aromatic N) is 7. The van der Waals surface area contributed by atoms with Crippen LogP contribution < -0.4 is 43.5 Å². The first-order valence-corrected chi connectivity index (χ1v) is 31.9. The minimum atomic E-state index is -4.73. The van der Waals surface area contributed by atoms with Gasteiger partial charge < -0.3 is 58.0 Å². The van der Waals surface area contributed by atoms with E-state index in [0.29, 0.717) is 80.0 Å². The van der Waals surface area contributed by atoms with Crippen molar-refractivity contribution in [2.75, 3.05) is 102 Å². The normalized spacial score (nSPS) is 24.1. The molecule has 24 heteroatoms. The van der Waals surface area contributed by atoms with E-state index in [0.717, 1.165) is 105 Å². The number of nitro groups is 1. The van der Waals surface area contributed by atoms with E-state index in [1.807, 2.05) is 24.3 Å². The fourth-order valence-corrected chi connectivity index (χ4v) is 15.8. The van der Waals surface area contributed by atoms with Gasteiger partial charge in [-0.3, -0.25) is 24.7 Å². The number of methoxy groups -OCH3 is 2. The Morgan fingerprint density at radius 2 is 1.67 bits per heavy atom. The molecule has 1 aliphatic carbocycles. The number of aromatic nitrogens is 3. The quantitative estimate of drug-likeness (QED) is 0.0683. The van der Waals surface area contributed by atoms with Crippen LogP contribution >= 0.6 is 0 Å². The molecular weight excluding hydrogens is 1140 g/mol. The van der Waals surface area contributed by atoms with Crippen molar-refractivity contribution in [3.05, 3.63) is 111 Å². The number of ether oxygens (including phenoxy) is 8. The fourth-order valence-electron chi connectivity index (χ4n) is 14.8. The first-order chi connectivity index (χ1) is 42.2. The maximum absolute atomic E-state index is 15.0. The molecule has 1 spiro atoms. The van der Waals surface area contributed by atoms with Crippen LogP contribution in [0.5, 0.6) is 29.0 Å². The number of para-hydroxylation sites is 1. The lowest BCUT2D eigenvalue weighted by Crippen LogP contribution is -2.60. The van der Waals surface area contributed by atoms with Gasteiger partial charge in [0.05, 0.1) is 91.1 Å². The number of H-pyrrole nitrogens is 1. The maximum Gasteiger partial charge on any atom is 0.297 e. The second kappa shape index (κ2) is 23.2. The molecule has 460 valence electrons. The van der Waals surface area contributed by atoms with E-state index in [-0.39, 0.29) is 71.8 Å². The summed E-state index contributed by atoms with van der Waals surface area (Å²) in [5.41, 5.74) is 5.60. The van der Waals surface area contributed by atoms with E-state index in [1.54, 1.807) is 26.5 Å². The molecule has 3 aromatic heterocycles. The Labute approximate surface area is 505 Å². The second-order valence-electron chi connectivity index (χ2n) is 24.7. The molecular formula is C63H74N10O13S. The van der Waals surface area contributed by atoms with Crippen LogP contribution in [0, 0.1) is 21.4 Å². The third kappa shape index (κ3) is 10.8. The molecule has 87 heavy (non-hydrogen) atoms. The van der Waals surface area contributed by atoms with Crippen LogP contribution in [0.4, 0.5) is 28.4 Å². The summed E-state index contributed by atoms with van der Waals surface area (Å²) in [5, 5.41) is 16.7. The predicted molar refractivity (Wildman–Crippen MR) is 322 cm³/mol. The van der Waals surface area contributed by atoms with Crippen LogP contribution in [0.2, 0.25) is 0 Å². The molecule has 10 heterocycles. The average Bonchev–Trinajstić information content (AvgIpc) is 1.49. The Morgan fingerprint density at radius 3 is 2.46 bits per heavy atom. The number of benzene rings is 3. The molecule has 7 aliphatic heterocycles. The van der Waals surface area contributed by atoms with Crippen LogP contribution in [0.1, 0.15) is 98.1 Å². The van der Waals surface area contributed by atoms with Gasteiger partial charge in [-0.15, -0.1) is 0 Å². The molecule has 6 aromatic rings. The molecule has 3 N–H and O–H groups in total. The third-order valence-electron chi connectivity index (χ3n) is 19.3. The largest absolute Gasteiger partial charge is 0.491 e. The van der Waals surface area contributed by atoms with Crippen molar-refractivity contribution in [1.82, 2.24) is 29.5 Å². The Bertz CT molecular complexity index is 3710. The molecule has 1 amide bonds. The summed E-state index contributed by atoms with van der Waals surface area (Å²) in [6.45, 7) is 11.2. The number of nitrogens with one attached hydrogen (secondary N) is 3. The molecule has 5 atom stereocenters. The minimum Gasteiger partial charge on any atom is -0.491 e. The number of fused-ring (bicyclic) bond motifs is 5. The van der Waals surface area contributed by atoms with Crippen molar-refractivity contribution >= 4 is 55.4 Å². The number of piperidine rings is 1. The van der Waals surface area contributed by atoms with Gasteiger partial charge in [0, 0.05) is 93.6 Å². The molecule has 0 unspecified atom stereocenters. The van der Waals surface area contributed by atoms with E-state index < -0.39 is 37.5 Å². The number of pyridine rings is 2. The number of hydrogen-bond donors (Lipinski definition) is 3. The van der Waals surface area contributed by atoms with E-state index >= 15 is 0 Å². The van der Waals surface area contributed by atoms with Crippen molar-refractivity contribution in [2.24, 2.45) is 11.3 Å². The van der Waals surface area contributed by atoms with E-state index in [1.165, 1.54) is 11.6 Å².